The monoisotopic (exact) mass is 400 g/mol. The predicted molar refractivity (Wildman–Crippen MR) is 84.1 cm³/mol. The van der Waals surface area contributed by atoms with E-state index in [2.05, 4.69) is 15.5 Å². The minimum atomic E-state index is -4.99. The number of hydrogen-bond acceptors (Lipinski definition) is 9. The van der Waals surface area contributed by atoms with Crippen molar-refractivity contribution >= 4 is 17.6 Å². The van der Waals surface area contributed by atoms with E-state index < -0.39 is 51.8 Å². The molecule has 0 saturated carbocycles. The van der Waals surface area contributed by atoms with Crippen LogP contribution in [0.4, 0.5) is 24.8 Å². The van der Waals surface area contributed by atoms with E-state index in [0.29, 0.717) is 0 Å². The summed E-state index contributed by atoms with van der Waals surface area (Å²) in [7, 11) is 0. The van der Waals surface area contributed by atoms with E-state index in [9.17, 15) is 33.2 Å². The van der Waals surface area contributed by atoms with Crippen LogP contribution in [-0.4, -0.2) is 49.0 Å². The molecule has 1 aromatic carbocycles. The zero-order valence-electron chi connectivity index (χ0n) is 14.0. The molecule has 14 heteroatoms. The molecule has 2 heterocycles. The van der Waals surface area contributed by atoms with Crippen molar-refractivity contribution in [2.24, 2.45) is 0 Å². The van der Waals surface area contributed by atoms with Crippen molar-refractivity contribution < 1.29 is 32.7 Å². The van der Waals surface area contributed by atoms with Gasteiger partial charge in [0.15, 0.2) is 5.75 Å². The van der Waals surface area contributed by atoms with Gasteiger partial charge in [-0.25, -0.2) is 4.79 Å². The summed E-state index contributed by atoms with van der Waals surface area (Å²) in [6, 6.07) is 1.31. The summed E-state index contributed by atoms with van der Waals surface area (Å²) in [6.07, 6.45) is -4.99. The van der Waals surface area contributed by atoms with Gasteiger partial charge in [-0.1, -0.05) is 5.10 Å². The van der Waals surface area contributed by atoms with E-state index in [4.69, 9.17) is 4.74 Å². The zero-order valence-corrected chi connectivity index (χ0v) is 14.0. The molecule has 11 nitrogen and oxygen atoms in total. The van der Waals surface area contributed by atoms with Crippen molar-refractivity contribution in [3.8, 4) is 5.75 Å². The highest BCUT2D eigenvalue weighted by molar-refractivity contribution is 5.92. The minimum absolute atomic E-state index is 0.0945. The van der Waals surface area contributed by atoms with Crippen LogP contribution in [0, 0.1) is 10.1 Å². The molecule has 1 aliphatic heterocycles. The van der Waals surface area contributed by atoms with Crippen molar-refractivity contribution in [2.75, 3.05) is 11.9 Å². The van der Waals surface area contributed by atoms with E-state index in [1.165, 1.54) is 6.92 Å². The molecule has 1 atom stereocenters. The van der Waals surface area contributed by atoms with Gasteiger partial charge in [-0.2, -0.15) is 17.9 Å². The first-order valence-corrected chi connectivity index (χ1v) is 7.65. The number of phenolic OH excluding ortho intramolecular Hbond substituents is 1. The Morgan fingerprint density at radius 2 is 2.18 bits per heavy atom. The molecule has 28 heavy (non-hydrogen) atoms. The number of carbonyl (C=O) groups excluding carboxylic acids is 1. The highest BCUT2D eigenvalue weighted by Gasteiger charge is 2.47. The van der Waals surface area contributed by atoms with Crippen LogP contribution in [0.1, 0.15) is 18.5 Å². The maximum atomic E-state index is 13.6. The number of ether oxygens (including phenoxy) is 1. The van der Waals surface area contributed by atoms with E-state index in [0.717, 1.165) is 22.9 Å². The average Bonchev–Trinajstić information content (AvgIpc) is 3.07. The number of esters is 1. The Morgan fingerprint density at radius 1 is 1.46 bits per heavy atom. The SMILES string of the molecule is CCOC(=O)C1=C(C(F)(F)F)Nc2nnnn2C1c1ccc([N+](=O)[O-])c(O)c1. The number of aromatic hydroxyl groups is 1. The summed E-state index contributed by atoms with van der Waals surface area (Å²) < 4.78 is 46.4. The molecule has 0 spiro atoms. The molecule has 2 aromatic rings. The number of fused-ring (bicyclic) bond motifs is 1. The van der Waals surface area contributed by atoms with Gasteiger partial charge in [0.05, 0.1) is 17.1 Å². The predicted octanol–water partition coefficient (Wildman–Crippen LogP) is 1.68. The van der Waals surface area contributed by atoms with Crippen LogP contribution < -0.4 is 5.32 Å². The van der Waals surface area contributed by atoms with Crippen LogP contribution in [0.5, 0.6) is 5.75 Å². The lowest BCUT2D eigenvalue weighted by molar-refractivity contribution is -0.385. The standard InChI is InChI=1S/C14H11F3N6O5/c1-2-28-12(25)9-10(6-3-4-7(23(26)27)8(24)5-6)22-13(19-20-21-22)18-11(9)14(15,16)17/h3-5,10,24H,2H2,1H3,(H,18,19,21). The van der Waals surface area contributed by atoms with Crippen LogP contribution in [0.15, 0.2) is 29.5 Å². The van der Waals surface area contributed by atoms with Gasteiger partial charge >= 0.3 is 17.8 Å². The first-order valence-electron chi connectivity index (χ1n) is 7.65. The van der Waals surface area contributed by atoms with Gasteiger partial charge in [-0.3, -0.25) is 10.1 Å². The molecule has 0 aliphatic carbocycles. The molecular formula is C14H11F3N6O5. The third kappa shape index (κ3) is 3.19. The third-order valence-electron chi connectivity index (χ3n) is 3.81. The minimum Gasteiger partial charge on any atom is -0.502 e. The van der Waals surface area contributed by atoms with Crippen LogP contribution in [0.3, 0.4) is 0 Å². The number of nitro groups is 1. The summed E-state index contributed by atoms with van der Waals surface area (Å²) in [4.78, 5) is 22.4. The molecule has 2 N–H and O–H groups in total. The molecule has 0 radical (unpaired) electrons. The van der Waals surface area contributed by atoms with Crippen molar-refractivity contribution in [2.45, 2.75) is 19.1 Å². The average molecular weight is 400 g/mol. The Hall–Kier alpha value is -3.71. The maximum absolute atomic E-state index is 13.6. The lowest BCUT2D eigenvalue weighted by Gasteiger charge is -2.29. The number of alkyl halides is 3. The van der Waals surface area contributed by atoms with Gasteiger partial charge in [0.25, 0.3) is 0 Å². The van der Waals surface area contributed by atoms with Gasteiger partial charge in [0.2, 0.25) is 5.95 Å². The Labute approximate surface area is 153 Å². The first kappa shape index (κ1) is 19.1. The summed E-state index contributed by atoms with van der Waals surface area (Å²) >= 11 is 0. The van der Waals surface area contributed by atoms with Crippen LogP contribution >= 0.6 is 0 Å². The molecule has 0 saturated heterocycles. The summed E-state index contributed by atoms with van der Waals surface area (Å²) in [5.41, 5.74) is -3.05. The number of aromatic nitrogens is 4. The number of benzene rings is 1. The lowest BCUT2D eigenvalue weighted by atomic mass is 9.94. The van der Waals surface area contributed by atoms with Gasteiger partial charge in [0.1, 0.15) is 11.7 Å². The van der Waals surface area contributed by atoms with Gasteiger partial charge in [-0.15, -0.1) is 0 Å². The number of nitrogens with zero attached hydrogens (tertiary/aromatic N) is 5. The van der Waals surface area contributed by atoms with Crippen LogP contribution in [-0.2, 0) is 9.53 Å². The largest absolute Gasteiger partial charge is 0.502 e. The maximum Gasteiger partial charge on any atom is 0.431 e. The molecule has 0 bridgehead atoms. The molecule has 1 unspecified atom stereocenters. The Morgan fingerprint density at radius 3 is 2.75 bits per heavy atom. The molecular weight excluding hydrogens is 389 g/mol. The number of allylic oxidation sites excluding steroid dienone is 1. The normalized spacial score (nSPS) is 16.4. The Kier molecular flexibility index (Phi) is 4.62. The molecule has 148 valence electrons. The zero-order chi connectivity index (χ0) is 20.6. The first-order chi connectivity index (χ1) is 13.1. The van der Waals surface area contributed by atoms with Crippen molar-refractivity contribution in [3.63, 3.8) is 0 Å². The number of nitro benzene ring substituents is 1. The fourth-order valence-electron chi connectivity index (χ4n) is 2.71. The Balaban J connectivity index is 2.25. The number of halogens is 3. The van der Waals surface area contributed by atoms with Crippen molar-refractivity contribution in [1.82, 2.24) is 20.2 Å². The van der Waals surface area contributed by atoms with E-state index >= 15 is 0 Å². The molecule has 1 aliphatic rings. The van der Waals surface area contributed by atoms with Crippen molar-refractivity contribution in [3.05, 3.63) is 45.1 Å². The van der Waals surface area contributed by atoms with Crippen LogP contribution in [0.2, 0.25) is 0 Å². The third-order valence-corrected chi connectivity index (χ3v) is 3.81. The number of nitrogens with one attached hydrogen (secondary N) is 1. The second kappa shape index (κ2) is 6.79. The lowest BCUT2D eigenvalue weighted by Crippen LogP contribution is -2.35. The quantitative estimate of drug-likeness (QED) is 0.445. The topological polar surface area (TPSA) is 145 Å². The number of tetrazole rings is 1. The van der Waals surface area contributed by atoms with E-state index in [-0.39, 0.29) is 12.2 Å². The highest BCUT2D eigenvalue weighted by atomic mass is 19.4. The van der Waals surface area contributed by atoms with Crippen molar-refractivity contribution in [1.29, 1.82) is 0 Å². The molecule has 0 amide bonds. The van der Waals surface area contributed by atoms with Gasteiger partial charge < -0.3 is 15.2 Å². The summed E-state index contributed by atoms with van der Waals surface area (Å²) in [5, 5.41) is 33.0. The molecule has 3 rings (SSSR count). The fraction of sp³-hybridized carbons (Fsp3) is 0.286. The molecule has 1 aromatic heterocycles. The smallest absolute Gasteiger partial charge is 0.431 e. The molecule has 0 fully saturated rings. The van der Waals surface area contributed by atoms with E-state index in [1.54, 1.807) is 0 Å². The summed E-state index contributed by atoms with van der Waals surface area (Å²) in [6.45, 7) is 1.21. The second-order valence-electron chi connectivity index (χ2n) is 5.49. The number of phenols is 1. The number of carbonyl (C=O) groups is 1. The van der Waals surface area contributed by atoms with Gasteiger partial charge in [0, 0.05) is 6.07 Å². The number of rotatable bonds is 4. The summed E-state index contributed by atoms with van der Waals surface area (Å²) in [5.74, 6) is -2.50. The number of hydrogen-bond donors (Lipinski definition) is 2. The van der Waals surface area contributed by atoms with E-state index in [1.807, 2.05) is 5.32 Å². The van der Waals surface area contributed by atoms with Crippen LogP contribution in [0.25, 0.3) is 0 Å². The fourth-order valence-corrected chi connectivity index (χ4v) is 2.71. The Bertz CT molecular complexity index is 986. The van der Waals surface area contributed by atoms with Gasteiger partial charge in [-0.05, 0) is 35.0 Å². The number of anilines is 1. The highest BCUT2D eigenvalue weighted by Crippen LogP contribution is 2.42. The second-order valence-corrected chi connectivity index (χ2v) is 5.49.